The van der Waals surface area contributed by atoms with Crippen LogP contribution in [0.1, 0.15) is 17.3 Å². The Morgan fingerprint density at radius 1 is 1.12 bits per heavy atom. The lowest BCUT2D eigenvalue weighted by atomic mass is 9.99. The Kier molecular flexibility index (Phi) is 5.97. The lowest BCUT2D eigenvalue weighted by molar-refractivity contribution is -0.204. The summed E-state index contributed by atoms with van der Waals surface area (Å²) in [5.74, 6) is -3.00. The van der Waals surface area contributed by atoms with Gasteiger partial charge in [0, 0.05) is 23.9 Å². The summed E-state index contributed by atoms with van der Waals surface area (Å²) in [6.45, 7) is 0. The molecule has 1 aromatic carbocycles. The Balaban J connectivity index is 2.21. The van der Waals surface area contributed by atoms with Crippen LogP contribution in [0.15, 0.2) is 30.3 Å². The van der Waals surface area contributed by atoms with E-state index in [9.17, 15) is 31.1 Å². The molecule has 2 heterocycles. The summed E-state index contributed by atoms with van der Waals surface area (Å²) in [7, 11) is 2.76. The zero-order valence-electron chi connectivity index (χ0n) is 16.6. The first-order valence-electron chi connectivity index (χ1n) is 8.98. The highest BCUT2D eigenvalue weighted by atomic mass is 19.4. The highest BCUT2D eigenvalue weighted by Crippen LogP contribution is 2.42. The molecule has 2 aromatic rings. The Labute approximate surface area is 177 Å². The molecular weight excluding hydrogens is 446 g/mol. The fraction of sp³-hybridized carbons (Fsp3) is 0.333. The maximum atomic E-state index is 13.6. The van der Waals surface area contributed by atoms with Crippen LogP contribution in [-0.2, 0) is 15.8 Å². The third kappa shape index (κ3) is 4.16. The Hall–Kier alpha value is -3.10. The molecule has 3 rings (SSSR count). The number of fused-ring (bicyclic) bond motifs is 1. The van der Waals surface area contributed by atoms with Crippen LogP contribution in [0.3, 0.4) is 0 Å². The molecule has 0 saturated carbocycles. The third-order valence-electron chi connectivity index (χ3n) is 4.84. The number of nitrogens with two attached hydrogens (primary N) is 2. The summed E-state index contributed by atoms with van der Waals surface area (Å²) in [5, 5.41) is 3.00. The number of nitrogens with one attached hydrogen (secondary N) is 1. The Morgan fingerprint density at radius 3 is 2.34 bits per heavy atom. The van der Waals surface area contributed by atoms with Gasteiger partial charge in [0.1, 0.15) is 0 Å². The first-order valence-corrected chi connectivity index (χ1v) is 8.98. The minimum atomic E-state index is -5.35. The first-order chi connectivity index (χ1) is 14.8. The maximum Gasteiger partial charge on any atom is 0.493 e. The van der Waals surface area contributed by atoms with Crippen LogP contribution in [0.4, 0.5) is 37.8 Å². The maximum absolute atomic E-state index is 13.6. The Bertz CT molecular complexity index is 1030. The monoisotopic (exact) mass is 464 g/mol. The average molecular weight is 464 g/mol. The second-order valence-corrected chi connectivity index (χ2v) is 6.81. The van der Waals surface area contributed by atoms with Gasteiger partial charge in [-0.3, -0.25) is 10.6 Å². The lowest BCUT2D eigenvalue weighted by Gasteiger charge is -2.42. The van der Waals surface area contributed by atoms with Crippen molar-refractivity contribution in [3.63, 3.8) is 0 Å². The van der Waals surface area contributed by atoms with Gasteiger partial charge in [-0.2, -0.15) is 31.4 Å². The van der Waals surface area contributed by atoms with E-state index >= 15 is 0 Å². The standard InChI is InChI=1S/C18H18F6N6O2/c1-27-10-5-3-4-9(17(19,20)21)12(10)11-7-6-8-13(25)29(2)16(26)30(14(8)28-11)32-15(31)18(22,23)24/h3-7,13,16,27H,25-26H2,1-2H3. The molecule has 0 fully saturated rings. The van der Waals surface area contributed by atoms with Crippen molar-refractivity contribution in [3.05, 3.63) is 41.5 Å². The van der Waals surface area contributed by atoms with Crippen molar-refractivity contribution in [2.24, 2.45) is 11.5 Å². The number of rotatable bonds is 3. The normalized spacial score (nSPS) is 19.5. The number of aromatic nitrogens is 1. The quantitative estimate of drug-likeness (QED) is 0.595. The van der Waals surface area contributed by atoms with Crippen molar-refractivity contribution in [1.29, 1.82) is 0 Å². The second-order valence-electron chi connectivity index (χ2n) is 6.81. The van der Waals surface area contributed by atoms with Crippen LogP contribution in [0, 0.1) is 0 Å². The van der Waals surface area contributed by atoms with Crippen molar-refractivity contribution in [2.75, 3.05) is 24.5 Å². The number of nitrogens with zero attached hydrogens (tertiary/aromatic N) is 3. The first kappa shape index (κ1) is 23.6. The van der Waals surface area contributed by atoms with Crippen molar-refractivity contribution < 1.29 is 36.0 Å². The summed E-state index contributed by atoms with van der Waals surface area (Å²) in [6, 6.07) is 5.92. The number of benzene rings is 1. The van der Waals surface area contributed by atoms with Crippen LogP contribution >= 0.6 is 0 Å². The van der Waals surface area contributed by atoms with Crippen LogP contribution in [-0.4, -0.2) is 42.4 Å². The van der Waals surface area contributed by atoms with Gasteiger partial charge < -0.3 is 15.9 Å². The predicted molar refractivity (Wildman–Crippen MR) is 102 cm³/mol. The molecule has 14 heteroatoms. The summed E-state index contributed by atoms with van der Waals surface area (Å²) < 4.78 is 79.2. The predicted octanol–water partition coefficient (Wildman–Crippen LogP) is 2.78. The van der Waals surface area contributed by atoms with E-state index in [4.69, 9.17) is 11.5 Å². The molecule has 5 N–H and O–H groups in total. The van der Waals surface area contributed by atoms with Gasteiger partial charge in [-0.05, 0) is 25.2 Å². The largest absolute Gasteiger partial charge is 0.493 e. The summed E-state index contributed by atoms with van der Waals surface area (Å²) >= 11 is 0. The fourth-order valence-electron chi connectivity index (χ4n) is 3.19. The van der Waals surface area contributed by atoms with Gasteiger partial charge in [-0.1, -0.05) is 12.1 Å². The van der Waals surface area contributed by atoms with Crippen LogP contribution < -0.4 is 21.8 Å². The van der Waals surface area contributed by atoms with Crippen molar-refractivity contribution in [2.45, 2.75) is 24.8 Å². The number of hydrogen-bond donors (Lipinski definition) is 3. The summed E-state index contributed by atoms with van der Waals surface area (Å²) in [5.41, 5.74) is 10.4. The molecule has 0 radical (unpaired) electrons. The SMILES string of the molecule is CNc1cccc(C(F)(F)F)c1-c1ccc2c(n1)N(OC(=O)C(F)(F)F)C(N)N(C)C2N. The highest BCUT2D eigenvalue weighted by Gasteiger charge is 2.46. The molecular formula is C18H18F6N6O2. The molecule has 0 saturated heterocycles. The number of halogens is 6. The van der Waals surface area contributed by atoms with Gasteiger partial charge in [-0.15, -0.1) is 0 Å². The van der Waals surface area contributed by atoms with Gasteiger partial charge in [0.05, 0.1) is 17.4 Å². The molecule has 0 amide bonds. The van der Waals surface area contributed by atoms with E-state index in [-0.39, 0.29) is 22.5 Å². The van der Waals surface area contributed by atoms with E-state index in [1.54, 1.807) is 0 Å². The number of carbonyl (C=O) groups is 1. The molecule has 1 aliphatic rings. The average Bonchev–Trinajstić information content (AvgIpc) is 2.72. The van der Waals surface area contributed by atoms with Gasteiger partial charge in [0.25, 0.3) is 0 Å². The van der Waals surface area contributed by atoms with Crippen LogP contribution in [0.5, 0.6) is 0 Å². The molecule has 0 spiro atoms. The van der Waals surface area contributed by atoms with Crippen molar-refractivity contribution in [1.82, 2.24) is 9.88 Å². The third-order valence-corrected chi connectivity index (χ3v) is 4.84. The molecule has 2 unspecified atom stereocenters. The number of anilines is 2. The van der Waals surface area contributed by atoms with E-state index < -0.39 is 42.2 Å². The number of pyridine rings is 1. The summed E-state index contributed by atoms with van der Waals surface area (Å²) in [4.78, 5) is 21.1. The molecule has 174 valence electrons. The van der Waals surface area contributed by atoms with E-state index in [1.807, 2.05) is 0 Å². The fourth-order valence-corrected chi connectivity index (χ4v) is 3.19. The molecule has 0 aliphatic carbocycles. The number of carbonyl (C=O) groups excluding carboxylic acids is 1. The zero-order valence-corrected chi connectivity index (χ0v) is 16.6. The molecule has 1 aromatic heterocycles. The number of hydroxylamine groups is 1. The number of hydrogen-bond acceptors (Lipinski definition) is 8. The molecule has 2 atom stereocenters. The summed E-state index contributed by atoms with van der Waals surface area (Å²) in [6.07, 6.45) is -12.6. The van der Waals surface area contributed by atoms with Gasteiger partial charge in [0.2, 0.25) is 0 Å². The number of alkyl halides is 6. The van der Waals surface area contributed by atoms with Crippen LogP contribution in [0.2, 0.25) is 0 Å². The van der Waals surface area contributed by atoms with E-state index in [2.05, 4.69) is 15.1 Å². The minimum Gasteiger partial charge on any atom is -0.388 e. The molecule has 32 heavy (non-hydrogen) atoms. The van der Waals surface area contributed by atoms with E-state index in [0.29, 0.717) is 5.06 Å². The smallest absolute Gasteiger partial charge is 0.388 e. The second kappa shape index (κ2) is 8.11. The van der Waals surface area contributed by atoms with E-state index in [0.717, 1.165) is 6.07 Å². The van der Waals surface area contributed by atoms with Crippen molar-refractivity contribution >= 4 is 17.5 Å². The van der Waals surface area contributed by atoms with E-state index in [1.165, 1.54) is 43.3 Å². The van der Waals surface area contributed by atoms with Gasteiger partial charge in [-0.25, -0.2) is 9.78 Å². The molecule has 8 nitrogen and oxygen atoms in total. The topological polar surface area (TPSA) is 110 Å². The molecule has 1 aliphatic heterocycles. The van der Waals surface area contributed by atoms with Gasteiger partial charge >= 0.3 is 18.3 Å². The Morgan fingerprint density at radius 2 is 1.78 bits per heavy atom. The highest BCUT2D eigenvalue weighted by molar-refractivity contribution is 5.81. The zero-order chi connectivity index (χ0) is 24.0. The minimum absolute atomic E-state index is 0.0626. The lowest BCUT2D eigenvalue weighted by Crippen LogP contribution is -2.60. The van der Waals surface area contributed by atoms with Crippen LogP contribution in [0.25, 0.3) is 11.3 Å². The van der Waals surface area contributed by atoms with Gasteiger partial charge in [0.15, 0.2) is 12.1 Å². The van der Waals surface area contributed by atoms with Crippen molar-refractivity contribution in [3.8, 4) is 11.3 Å². The molecule has 0 bridgehead atoms.